The van der Waals surface area contributed by atoms with Gasteiger partial charge >= 0.3 is 6.03 Å². The maximum atomic E-state index is 13.2. The third kappa shape index (κ3) is 4.91. The van der Waals surface area contributed by atoms with Gasteiger partial charge in [-0.1, -0.05) is 42.0 Å². The molecule has 4 rings (SSSR count). The molecule has 164 valence electrons. The first-order valence-electron chi connectivity index (χ1n) is 10.7. The van der Waals surface area contributed by atoms with E-state index in [0.717, 1.165) is 24.2 Å². The minimum Gasteiger partial charge on any atom is -0.497 e. The van der Waals surface area contributed by atoms with Gasteiger partial charge in [0.25, 0.3) is 5.91 Å². The quantitative estimate of drug-likeness (QED) is 0.594. The zero-order valence-electron chi connectivity index (χ0n) is 18.4. The van der Waals surface area contributed by atoms with E-state index in [1.807, 2.05) is 29.2 Å². The van der Waals surface area contributed by atoms with E-state index in [1.54, 1.807) is 36.3 Å². The summed E-state index contributed by atoms with van der Waals surface area (Å²) in [5, 5.41) is 2.89. The second-order valence-electron chi connectivity index (χ2n) is 7.93. The lowest BCUT2D eigenvalue weighted by Gasteiger charge is -2.36. The van der Waals surface area contributed by atoms with Crippen molar-refractivity contribution in [2.75, 3.05) is 30.4 Å². The van der Waals surface area contributed by atoms with E-state index in [-0.39, 0.29) is 11.9 Å². The van der Waals surface area contributed by atoms with Crippen molar-refractivity contribution in [1.29, 1.82) is 0 Å². The molecule has 0 spiro atoms. The molecular formula is C26H27N3O3. The van der Waals surface area contributed by atoms with Crippen molar-refractivity contribution in [1.82, 2.24) is 4.90 Å². The molecule has 1 N–H and O–H groups in total. The van der Waals surface area contributed by atoms with Crippen LogP contribution in [-0.2, 0) is 6.54 Å². The summed E-state index contributed by atoms with van der Waals surface area (Å²) >= 11 is 0. The number of nitrogens with one attached hydrogen (secondary N) is 1. The fourth-order valence-electron chi connectivity index (χ4n) is 3.80. The number of urea groups is 1. The van der Waals surface area contributed by atoms with Crippen molar-refractivity contribution >= 4 is 23.3 Å². The normalized spacial score (nSPS) is 13.8. The van der Waals surface area contributed by atoms with Crippen LogP contribution in [0.3, 0.4) is 0 Å². The molecule has 0 aromatic heterocycles. The van der Waals surface area contributed by atoms with Crippen molar-refractivity contribution in [2.45, 2.75) is 19.9 Å². The van der Waals surface area contributed by atoms with Gasteiger partial charge in [0, 0.05) is 42.6 Å². The van der Waals surface area contributed by atoms with E-state index in [9.17, 15) is 9.59 Å². The van der Waals surface area contributed by atoms with Gasteiger partial charge < -0.3 is 15.0 Å². The van der Waals surface area contributed by atoms with Gasteiger partial charge in [-0.15, -0.1) is 0 Å². The highest BCUT2D eigenvalue weighted by atomic mass is 16.5. The Kier molecular flexibility index (Phi) is 6.40. The van der Waals surface area contributed by atoms with Crippen LogP contribution in [0.15, 0.2) is 72.8 Å². The minimum atomic E-state index is -0.235. The summed E-state index contributed by atoms with van der Waals surface area (Å²) in [5.74, 6) is 0.435. The van der Waals surface area contributed by atoms with Crippen LogP contribution < -0.4 is 15.0 Å². The summed E-state index contributed by atoms with van der Waals surface area (Å²) in [6, 6.07) is 22.6. The zero-order valence-corrected chi connectivity index (χ0v) is 18.4. The third-order valence-corrected chi connectivity index (χ3v) is 5.55. The van der Waals surface area contributed by atoms with E-state index < -0.39 is 0 Å². The smallest absolute Gasteiger partial charge is 0.324 e. The highest BCUT2D eigenvalue weighted by molar-refractivity contribution is 6.05. The Balaban J connectivity index is 1.48. The first kappa shape index (κ1) is 21.4. The van der Waals surface area contributed by atoms with Gasteiger partial charge in [0.2, 0.25) is 0 Å². The predicted octanol–water partition coefficient (Wildman–Crippen LogP) is 5.09. The third-order valence-electron chi connectivity index (χ3n) is 5.55. The van der Waals surface area contributed by atoms with E-state index in [1.165, 1.54) is 5.56 Å². The topological polar surface area (TPSA) is 61.9 Å². The van der Waals surface area contributed by atoms with Gasteiger partial charge in [-0.25, -0.2) is 4.79 Å². The summed E-state index contributed by atoms with van der Waals surface area (Å²) in [6.45, 7) is 3.98. The lowest BCUT2D eigenvalue weighted by atomic mass is 10.1. The molecule has 1 aliphatic rings. The maximum Gasteiger partial charge on any atom is 0.324 e. The number of hydrogen-bond acceptors (Lipinski definition) is 3. The van der Waals surface area contributed by atoms with Crippen molar-refractivity contribution in [3.05, 3.63) is 89.5 Å². The lowest BCUT2D eigenvalue weighted by Crippen LogP contribution is -2.49. The number of methoxy groups -OCH3 is 1. The molecule has 1 fully saturated rings. The van der Waals surface area contributed by atoms with Gasteiger partial charge in [-0.05, 0) is 49.2 Å². The van der Waals surface area contributed by atoms with Crippen LogP contribution in [-0.4, -0.2) is 37.0 Å². The molecular weight excluding hydrogens is 402 g/mol. The Morgan fingerprint density at radius 1 is 1.00 bits per heavy atom. The van der Waals surface area contributed by atoms with Gasteiger partial charge in [0.15, 0.2) is 0 Å². The van der Waals surface area contributed by atoms with Crippen molar-refractivity contribution in [3.63, 3.8) is 0 Å². The van der Waals surface area contributed by atoms with Crippen molar-refractivity contribution in [2.24, 2.45) is 0 Å². The summed E-state index contributed by atoms with van der Waals surface area (Å²) < 4.78 is 5.21. The van der Waals surface area contributed by atoms with Gasteiger partial charge in [-0.2, -0.15) is 0 Å². The molecule has 32 heavy (non-hydrogen) atoms. The van der Waals surface area contributed by atoms with E-state index in [2.05, 4.69) is 36.5 Å². The fourth-order valence-corrected chi connectivity index (χ4v) is 3.80. The summed E-state index contributed by atoms with van der Waals surface area (Å²) in [6.07, 6.45) is 0.873. The summed E-state index contributed by atoms with van der Waals surface area (Å²) in [4.78, 5) is 29.6. The second-order valence-corrected chi connectivity index (χ2v) is 7.93. The molecule has 0 atom stereocenters. The molecule has 0 bridgehead atoms. The van der Waals surface area contributed by atoms with Gasteiger partial charge in [0.1, 0.15) is 5.75 Å². The molecule has 0 saturated carbocycles. The van der Waals surface area contributed by atoms with Gasteiger partial charge in [0.05, 0.1) is 7.11 Å². The molecule has 0 unspecified atom stereocenters. The van der Waals surface area contributed by atoms with E-state index in [4.69, 9.17) is 4.74 Å². The molecule has 0 radical (unpaired) electrons. The average molecular weight is 430 g/mol. The molecule has 3 aromatic carbocycles. The number of hydrogen-bond donors (Lipinski definition) is 1. The molecule has 0 aliphatic carbocycles. The Labute approximate surface area is 188 Å². The molecule has 6 heteroatoms. The molecule has 1 aliphatic heterocycles. The number of nitrogens with zero attached hydrogens (tertiary/aromatic N) is 2. The first-order valence-corrected chi connectivity index (χ1v) is 10.7. The largest absolute Gasteiger partial charge is 0.497 e. The van der Waals surface area contributed by atoms with Crippen LogP contribution in [0.1, 0.15) is 27.9 Å². The van der Waals surface area contributed by atoms with Crippen LogP contribution >= 0.6 is 0 Å². The standard InChI is InChI=1S/C26H27N3O3/c1-19-10-12-20(13-11-19)18-28-14-5-15-29(26(28)31)23-8-3-6-21(16-23)25(30)27-22-7-4-9-24(17-22)32-2/h3-4,6-13,16-17H,5,14-15,18H2,1-2H3,(H,27,30). The van der Waals surface area contributed by atoms with Crippen LogP contribution in [0.2, 0.25) is 0 Å². The SMILES string of the molecule is COc1cccc(NC(=O)c2cccc(N3CCCN(Cc4ccc(C)cc4)C3=O)c2)c1. The van der Waals surface area contributed by atoms with Crippen molar-refractivity contribution in [3.8, 4) is 5.75 Å². The highest BCUT2D eigenvalue weighted by Gasteiger charge is 2.27. The number of carbonyl (C=O) groups is 2. The number of carbonyl (C=O) groups excluding carboxylic acids is 2. The van der Waals surface area contributed by atoms with Crippen LogP contribution in [0.25, 0.3) is 0 Å². The minimum absolute atomic E-state index is 0.0396. The monoisotopic (exact) mass is 429 g/mol. The average Bonchev–Trinajstić information content (AvgIpc) is 2.82. The van der Waals surface area contributed by atoms with Gasteiger partial charge in [-0.3, -0.25) is 9.69 Å². The molecule has 3 amide bonds. The molecule has 1 saturated heterocycles. The summed E-state index contributed by atoms with van der Waals surface area (Å²) in [5.41, 5.74) is 4.18. The Bertz CT molecular complexity index is 1110. The number of benzene rings is 3. The molecule has 3 aromatic rings. The number of amides is 3. The fraction of sp³-hybridized carbons (Fsp3) is 0.231. The molecule has 1 heterocycles. The van der Waals surface area contributed by atoms with Crippen LogP contribution in [0, 0.1) is 6.92 Å². The maximum absolute atomic E-state index is 13.2. The number of aryl methyl sites for hydroxylation is 1. The van der Waals surface area contributed by atoms with Crippen LogP contribution in [0.5, 0.6) is 5.75 Å². The zero-order chi connectivity index (χ0) is 22.5. The van der Waals surface area contributed by atoms with Crippen molar-refractivity contribution < 1.29 is 14.3 Å². The predicted molar refractivity (Wildman–Crippen MR) is 126 cm³/mol. The van der Waals surface area contributed by atoms with E-state index in [0.29, 0.717) is 30.1 Å². The Morgan fingerprint density at radius 3 is 2.56 bits per heavy atom. The van der Waals surface area contributed by atoms with E-state index >= 15 is 0 Å². The Morgan fingerprint density at radius 2 is 1.78 bits per heavy atom. The lowest BCUT2D eigenvalue weighted by molar-refractivity contribution is 0.102. The molecule has 6 nitrogen and oxygen atoms in total. The highest BCUT2D eigenvalue weighted by Crippen LogP contribution is 2.24. The van der Waals surface area contributed by atoms with Crippen LogP contribution in [0.4, 0.5) is 16.2 Å². The second kappa shape index (κ2) is 9.56. The number of ether oxygens (including phenoxy) is 1. The number of rotatable bonds is 6. The summed E-state index contributed by atoms with van der Waals surface area (Å²) in [7, 11) is 1.59. The number of anilines is 2. The Hall–Kier alpha value is -3.80. The first-order chi connectivity index (χ1) is 15.5.